The minimum atomic E-state index is -0.281. The van der Waals surface area contributed by atoms with Crippen molar-refractivity contribution < 1.29 is 14.1 Å². The number of nitrogens with one attached hydrogen (secondary N) is 1. The molecule has 0 fully saturated rings. The molecule has 112 valence electrons. The van der Waals surface area contributed by atoms with E-state index in [0.29, 0.717) is 12.3 Å². The summed E-state index contributed by atoms with van der Waals surface area (Å²) in [7, 11) is 0. The molecular formula is C17H22NO3+. The Balaban J connectivity index is 2.18. The van der Waals surface area contributed by atoms with Crippen molar-refractivity contribution >= 4 is 11.0 Å². The van der Waals surface area contributed by atoms with Crippen LogP contribution < -0.4 is 15.3 Å². The summed E-state index contributed by atoms with van der Waals surface area (Å²) in [6.45, 7) is 9.01. The molecule has 2 heterocycles. The smallest absolute Gasteiger partial charge is 0.336 e. The van der Waals surface area contributed by atoms with Crippen LogP contribution in [0, 0.1) is 6.92 Å². The van der Waals surface area contributed by atoms with Gasteiger partial charge in [0.1, 0.15) is 17.9 Å². The van der Waals surface area contributed by atoms with Gasteiger partial charge in [0.25, 0.3) is 0 Å². The lowest BCUT2D eigenvalue weighted by Crippen LogP contribution is -3.12. The molecule has 4 heteroatoms. The molecule has 2 aromatic rings. The summed E-state index contributed by atoms with van der Waals surface area (Å²) in [6.07, 6.45) is 1.97. The van der Waals surface area contributed by atoms with Gasteiger partial charge in [-0.2, -0.15) is 0 Å². The zero-order valence-corrected chi connectivity index (χ0v) is 12.9. The van der Waals surface area contributed by atoms with Gasteiger partial charge in [0.05, 0.1) is 6.54 Å². The van der Waals surface area contributed by atoms with Gasteiger partial charge < -0.3 is 9.15 Å². The molecule has 0 amide bonds. The van der Waals surface area contributed by atoms with Gasteiger partial charge in [0, 0.05) is 22.6 Å². The number of aryl methyl sites for hydroxylation is 2. The van der Waals surface area contributed by atoms with Gasteiger partial charge in [-0.05, 0) is 31.4 Å². The lowest BCUT2D eigenvalue weighted by atomic mass is 9.99. The quantitative estimate of drug-likeness (QED) is 0.876. The fraction of sp³-hybridized carbons (Fsp3) is 0.471. The van der Waals surface area contributed by atoms with Gasteiger partial charge in [-0.3, -0.25) is 4.90 Å². The lowest BCUT2D eigenvalue weighted by Gasteiger charge is -2.27. The molecule has 4 nitrogen and oxygen atoms in total. The van der Waals surface area contributed by atoms with Crippen molar-refractivity contribution in [3.8, 4) is 5.75 Å². The van der Waals surface area contributed by atoms with E-state index in [-0.39, 0.29) is 5.63 Å². The third kappa shape index (κ3) is 2.44. The van der Waals surface area contributed by atoms with E-state index in [9.17, 15) is 4.79 Å². The average molecular weight is 288 g/mol. The molecule has 1 aromatic carbocycles. The predicted octanol–water partition coefficient (Wildman–Crippen LogP) is 1.81. The van der Waals surface area contributed by atoms with Crippen LogP contribution in [0.3, 0.4) is 0 Å². The number of quaternary nitrogens is 1. The van der Waals surface area contributed by atoms with Crippen LogP contribution in [0.25, 0.3) is 11.0 Å². The minimum Gasteiger partial charge on any atom is -0.444 e. The van der Waals surface area contributed by atoms with E-state index in [0.717, 1.165) is 48.2 Å². The van der Waals surface area contributed by atoms with Crippen molar-refractivity contribution in [3.05, 3.63) is 39.2 Å². The predicted molar refractivity (Wildman–Crippen MR) is 81.9 cm³/mol. The molecule has 1 atom stereocenters. The Morgan fingerprint density at radius 2 is 2.10 bits per heavy atom. The average Bonchev–Trinajstić information content (AvgIpc) is 2.48. The van der Waals surface area contributed by atoms with Crippen LogP contribution in [0.5, 0.6) is 5.75 Å². The first-order valence-electron chi connectivity index (χ1n) is 7.69. The van der Waals surface area contributed by atoms with Gasteiger partial charge in [-0.15, -0.1) is 0 Å². The number of ether oxygens (including phenoxy) is 1. The molecule has 0 bridgehead atoms. The molecule has 21 heavy (non-hydrogen) atoms. The summed E-state index contributed by atoms with van der Waals surface area (Å²) in [5.41, 5.74) is 3.62. The van der Waals surface area contributed by atoms with Crippen LogP contribution in [0.4, 0.5) is 0 Å². The van der Waals surface area contributed by atoms with E-state index in [1.54, 1.807) is 6.07 Å². The van der Waals surface area contributed by atoms with E-state index in [1.807, 2.05) is 6.92 Å². The number of hydrogen-bond acceptors (Lipinski definition) is 3. The van der Waals surface area contributed by atoms with Gasteiger partial charge in [-0.25, -0.2) is 4.79 Å². The fourth-order valence-electron chi connectivity index (χ4n) is 3.20. The Bertz CT molecular complexity index is 733. The molecular weight excluding hydrogens is 266 g/mol. The highest BCUT2D eigenvalue weighted by atomic mass is 16.5. The largest absolute Gasteiger partial charge is 0.444 e. The minimum absolute atomic E-state index is 0.281. The number of rotatable bonds is 3. The molecule has 3 rings (SSSR count). The summed E-state index contributed by atoms with van der Waals surface area (Å²) in [5, 5.41) is 1.05. The van der Waals surface area contributed by atoms with Crippen LogP contribution >= 0.6 is 0 Å². The first-order valence-corrected chi connectivity index (χ1v) is 7.69. The number of benzene rings is 1. The van der Waals surface area contributed by atoms with Crippen molar-refractivity contribution in [2.45, 2.75) is 40.2 Å². The molecule has 1 aliphatic heterocycles. The second-order valence-electron chi connectivity index (χ2n) is 5.78. The molecule has 0 radical (unpaired) electrons. The van der Waals surface area contributed by atoms with E-state index >= 15 is 0 Å². The van der Waals surface area contributed by atoms with Crippen molar-refractivity contribution in [3.63, 3.8) is 0 Å². The molecule has 0 spiro atoms. The molecule has 1 aromatic heterocycles. The Kier molecular flexibility index (Phi) is 3.72. The molecule has 0 aliphatic carbocycles. The second-order valence-corrected chi connectivity index (χ2v) is 5.78. The zero-order valence-electron chi connectivity index (χ0n) is 12.9. The number of hydrogen-bond donors (Lipinski definition) is 1. The first kappa shape index (κ1) is 14.1. The van der Waals surface area contributed by atoms with Gasteiger partial charge in [0.2, 0.25) is 6.73 Å². The third-order valence-electron chi connectivity index (χ3n) is 4.22. The summed E-state index contributed by atoms with van der Waals surface area (Å²) in [5.74, 6) is 0.902. The maximum absolute atomic E-state index is 11.7. The second kappa shape index (κ2) is 5.53. The SMILES string of the molecule is CCC[NH+]1COc2c(cc3c(CC)cc(=O)oc3c2C)C1. The third-order valence-corrected chi connectivity index (χ3v) is 4.22. The van der Waals surface area contributed by atoms with Gasteiger partial charge >= 0.3 is 5.63 Å². The van der Waals surface area contributed by atoms with Crippen molar-refractivity contribution in [1.82, 2.24) is 0 Å². The normalized spacial score (nSPS) is 17.6. The monoisotopic (exact) mass is 288 g/mol. The molecule has 1 unspecified atom stereocenters. The topological polar surface area (TPSA) is 43.9 Å². The zero-order chi connectivity index (χ0) is 15.0. The number of fused-ring (bicyclic) bond motifs is 2. The van der Waals surface area contributed by atoms with E-state index in [2.05, 4.69) is 19.9 Å². The Morgan fingerprint density at radius 3 is 2.81 bits per heavy atom. The van der Waals surface area contributed by atoms with Gasteiger partial charge in [0.15, 0.2) is 0 Å². The molecule has 0 saturated heterocycles. The van der Waals surface area contributed by atoms with Crippen molar-refractivity contribution in [2.75, 3.05) is 13.3 Å². The highest BCUT2D eigenvalue weighted by molar-refractivity contribution is 5.86. The van der Waals surface area contributed by atoms with E-state index in [4.69, 9.17) is 9.15 Å². The van der Waals surface area contributed by atoms with E-state index in [1.165, 1.54) is 10.5 Å². The van der Waals surface area contributed by atoms with Crippen LogP contribution in [0.2, 0.25) is 0 Å². The van der Waals surface area contributed by atoms with Crippen LogP contribution in [0.15, 0.2) is 21.3 Å². The summed E-state index contributed by atoms with van der Waals surface area (Å²) >= 11 is 0. The maximum Gasteiger partial charge on any atom is 0.336 e. The Hall–Kier alpha value is -1.81. The molecule has 0 saturated carbocycles. The standard InChI is InChI=1S/C17H21NO3/c1-4-6-18-9-13-7-14-12(5-2)8-15(19)21-17(14)11(3)16(13)20-10-18/h7-8H,4-6,9-10H2,1-3H3/p+1. The molecule has 1 N–H and O–H groups in total. The van der Waals surface area contributed by atoms with Crippen LogP contribution in [-0.4, -0.2) is 13.3 Å². The van der Waals surface area contributed by atoms with E-state index < -0.39 is 0 Å². The Labute approximate surface area is 124 Å². The maximum atomic E-state index is 11.7. The van der Waals surface area contributed by atoms with Crippen molar-refractivity contribution in [1.29, 1.82) is 0 Å². The summed E-state index contributed by atoms with van der Waals surface area (Å²) in [6, 6.07) is 3.75. The Morgan fingerprint density at radius 1 is 1.29 bits per heavy atom. The molecule has 1 aliphatic rings. The highest BCUT2D eigenvalue weighted by Gasteiger charge is 2.24. The summed E-state index contributed by atoms with van der Waals surface area (Å²) < 4.78 is 11.4. The van der Waals surface area contributed by atoms with Crippen molar-refractivity contribution in [2.24, 2.45) is 0 Å². The lowest BCUT2D eigenvalue weighted by molar-refractivity contribution is -0.932. The van der Waals surface area contributed by atoms with Gasteiger partial charge in [-0.1, -0.05) is 13.8 Å². The highest BCUT2D eigenvalue weighted by Crippen LogP contribution is 2.33. The summed E-state index contributed by atoms with van der Waals surface area (Å²) in [4.78, 5) is 13.2. The van der Waals surface area contributed by atoms with Crippen LogP contribution in [0.1, 0.15) is 37.0 Å². The first-order chi connectivity index (χ1) is 10.1. The fourth-order valence-corrected chi connectivity index (χ4v) is 3.20. The van der Waals surface area contributed by atoms with Crippen LogP contribution in [-0.2, 0) is 13.0 Å².